The molecule has 24 heavy (non-hydrogen) atoms. The summed E-state index contributed by atoms with van der Waals surface area (Å²) in [4.78, 5) is 35.9. The van der Waals surface area contributed by atoms with Crippen molar-refractivity contribution >= 4 is 23.3 Å². The predicted molar refractivity (Wildman–Crippen MR) is 82.8 cm³/mol. The van der Waals surface area contributed by atoms with Crippen LogP contribution < -0.4 is 4.90 Å². The fourth-order valence-electron chi connectivity index (χ4n) is 2.60. The van der Waals surface area contributed by atoms with Gasteiger partial charge in [0.15, 0.2) is 6.61 Å². The summed E-state index contributed by atoms with van der Waals surface area (Å²) in [6.07, 6.45) is 1.87. The van der Waals surface area contributed by atoms with E-state index in [1.165, 1.54) is 23.2 Å². The van der Waals surface area contributed by atoms with Crippen LogP contribution in [0.3, 0.4) is 0 Å². The molecule has 124 valence electrons. The van der Waals surface area contributed by atoms with Crippen LogP contribution in [0.5, 0.6) is 0 Å². The number of esters is 1. The number of non-ortho nitro benzene ring substituents is 1. The lowest BCUT2D eigenvalue weighted by Crippen LogP contribution is -2.33. The molecule has 0 bridgehead atoms. The molecule has 9 heteroatoms. The van der Waals surface area contributed by atoms with Crippen LogP contribution in [0.2, 0.25) is 0 Å². The first kappa shape index (κ1) is 15.7. The van der Waals surface area contributed by atoms with Gasteiger partial charge in [-0.25, -0.2) is 4.79 Å². The fourth-order valence-corrected chi connectivity index (χ4v) is 2.60. The fraction of sp³-hybridized carbons (Fsp3) is 0.267. The molecule has 9 nitrogen and oxygen atoms in total. The van der Waals surface area contributed by atoms with Crippen molar-refractivity contribution in [2.75, 3.05) is 18.1 Å². The molecule has 0 fully saturated rings. The summed E-state index contributed by atoms with van der Waals surface area (Å²) < 4.78 is 5.02. The summed E-state index contributed by atoms with van der Waals surface area (Å²) in [5.74, 6) is -1.00. The van der Waals surface area contributed by atoms with Crippen molar-refractivity contribution in [1.82, 2.24) is 10.2 Å². The van der Waals surface area contributed by atoms with E-state index in [1.807, 2.05) is 0 Å². The average molecular weight is 330 g/mol. The Morgan fingerprint density at radius 2 is 2.25 bits per heavy atom. The molecule has 0 atom stereocenters. The topological polar surface area (TPSA) is 118 Å². The number of amides is 1. The zero-order valence-corrected chi connectivity index (χ0v) is 12.8. The second-order valence-electron chi connectivity index (χ2n) is 5.35. The van der Waals surface area contributed by atoms with Gasteiger partial charge in [0.1, 0.15) is 5.56 Å². The number of carbonyl (C=O) groups is 2. The molecule has 1 N–H and O–H groups in total. The number of fused-ring (bicyclic) bond motifs is 1. The van der Waals surface area contributed by atoms with E-state index in [0.29, 0.717) is 24.3 Å². The smallest absolute Gasteiger partial charge is 0.342 e. The highest BCUT2D eigenvalue weighted by Gasteiger charge is 2.27. The molecule has 1 aromatic heterocycles. The Balaban J connectivity index is 1.67. The summed E-state index contributed by atoms with van der Waals surface area (Å²) >= 11 is 0. The molecule has 1 aliphatic rings. The number of rotatable bonds is 4. The maximum atomic E-state index is 12.3. The van der Waals surface area contributed by atoms with Gasteiger partial charge in [-0.3, -0.25) is 20.0 Å². The van der Waals surface area contributed by atoms with Gasteiger partial charge in [-0.05, 0) is 25.0 Å². The summed E-state index contributed by atoms with van der Waals surface area (Å²) in [5.41, 5.74) is 2.17. The van der Waals surface area contributed by atoms with Gasteiger partial charge in [0.05, 0.1) is 11.1 Å². The number of aromatic amines is 1. The van der Waals surface area contributed by atoms with Gasteiger partial charge in [-0.15, -0.1) is 0 Å². The number of H-pyrrole nitrogens is 1. The first-order valence-corrected chi connectivity index (χ1v) is 7.22. The third kappa shape index (κ3) is 2.83. The highest BCUT2D eigenvalue weighted by atomic mass is 16.6. The second kappa shape index (κ2) is 6.11. The van der Waals surface area contributed by atoms with Gasteiger partial charge >= 0.3 is 5.97 Å². The predicted octanol–water partition coefficient (Wildman–Crippen LogP) is 1.37. The van der Waals surface area contributed by atoms with Crippen molar-refractivity contribution in [2.24, 2.45) is 0 Å². The lowest BCUT2D eigenvalue weighted by atomic mass is 10.1. The summed E-state index contributed by atoms with van der Waals surface area (Å²) in [5, 5.41) is 17.1. The number of nitrogens with one attached hydrogen (secondary N) is 1. The molecule has 0 saturated carbocycles. The molecular formula is C15H14N4O5. The molecule has 0 saturated heterocycles. The minimum absolute atomic E-state index is 0.00934. The van der Waals surface area contributed by atoms with Crippen molar-refractivity contribution in [3.63, 3.8) is 0 Å². The summed E-state index contributed by atoms with van der Waals surface area (Å²) in [6, 6.07) is 4.36. The largest absolute Gasteiger partial charge is 0.452 e. The number of aromatic nitrogens is 2. The highest BCUT2D eigenvalue weighted by molar-refractivity contribution is 5.98. The number of anilines is 1. The Morgan fingerprint density at radius 1 is 1.46 bits per heavy atom. The normalized spacial score (nSPS) is 12.8. The van der Waals surface area contributed by atoms with Crippen molar-refractivity contribution in [3.8, 4) is 0 Å². The van der Waals surface area contributed by atoms with Crippen LogP contribution >= 0.6 is 0 Å². The molecule has 0 radical (unpaired) electrons. The van der Waals surface area contributed by atoms with Gasteiger partial charge in [-0.2, -0.15) is 5.10 Å². The van der Waals surface area contributed by atoms with Crippen molar-refractivity contribution < 1.29 is 19.2 Å². The Morgan fingerprint density at radius 3 is 2.92 bits per heavy atom. The molecule has 0 unspecified atom stereocenters. The Labute approximate surface area is 136 Å². The quantitative estimate of drug-likeness (QED) is 0.514. The molecular weight excluding hydrogens is 316 g/mol. The Kier molecular flexibility index (Phi) is 3.98. The Hall–Kier alpha value is -3.23. The first-order chi connectivity index (χ1) is 11.5. The zero-order chi connectivity index (χ0) is 17.3. The lowest BCUT2D eigenvalue weighted by molar-refractivity contribution is -0.384. The number of ether oxygens (including phenoxy) is 1. The molecule has 0 aliphatic carbocycles. The molecule has 1 aliphatic heterocycles. The zero-order valence-electron chi connectivity index (χ0n) is 12.8. The van der Waals surface area contributed by atoms with Crippen LogP contribution in [-0.4, -0.2) is 40.1 Å². The maximum absolute atomic E-state index is 12.3. The van der Waals surface area contributed by atoms with E-state index in [2.05, 4.69) is 10.2 Å². The van der Waals surface area contributed by atoms with Gasteiger partial charge < -0.3 is 9.64 Å². The molecule has 2 heterocycles. The first-order valence-electron chi connectivity index (χ1n) is 7.22. The van der Waals surface area contributed by atoms with E-state index >= 15 is 0 Å². The highest BCUT2D eigenvalue weighted by Crippen LogP contribution is 2.31. The van der Waals surface area contributed by atoms with E-state index in [-0.39, 0.29) is 17.2 Å². The third-order valence-electron chi connectivity index (χ3n) is 3.85. The van der Waals surface area contributed by atoms with Crippen LogP contribution in [0.25, 0.3) is 0 Å². The van der Waals surface area contributed by atoms with Crippen molar-refractivity contribution in [3.05, 3.63) is 51.3 Å². The SMILES string of the molecule is Cc1[nH]ncc1C(=O)OCC(=O)N1CCc2cc([N+](=O)[O-])ccc21. The summed E-state index contributed by atoms with van der Waals surface area (Å²) in [6.45, 7) is 1.67. The van der Waals surface area contributed by atoms with Gasteiger partial charge in [0, 0.05) is 30.1 Å². The van der Waals surface area contributed by atoms with Crippen molar-refractivity contribution in [2.45, 2.75) is 13.3 Å². The standard InChI is InChI=1S/C15H14N4O5/c1-9-12(7-16-17-9)15(21)24-8-14(20)18-5-4-10-6-11(19(22)23)2-3-13(10)18/h2-3,6-7H,4-5,8H2,1H3,(H,16,17). The second-order valence-corrected chi connectivity index (χ2v) is 5.35. The van der Waals surface area contributed by atoms with E-state index in [9.17, 15) is 19.7 Å². The van der Waals surface area contributed by atoms with Gasteiger partial charge in [0.2, 0.25) is 0 Å². The number of nitro benzene ring substituents is 1. The molecule has 3 rings (SSSR count). The number of hydrogen-bond acceptors (Lipinski definition) is 6. The van der Waals surface area contributed by atoms with Gasteiger partial charge in [0.25, 0.3) is 11.6 Å². The molecule has 1 amide bonds. The van der Waals surface area contributed by atoms with E-state index < -0.39 is 17.5 Å². The number of benzene rings is 1. The van der Waals surface area contributed by atoms with E-state index in [4.69, 9.17) is 4.74 Å². The van der Waals surface area contributed by atoms with Crippen LogP contribution in [0, 0.1) is 17.0 Å². The molecule has 2 aromatic rings. The number of aryl methyl sites for hydroxylation is 1. The number of hydrogen-bond donors (Lipinski definition) is 1. The van der Waals surface area contributed by atoms with Crippen LogP contribution in [0.1, 0.15) is 21.6 Å². The minimum atomic E-state index is -0.627. The minimum Gasteiger partial charge on any atom is -0.452 e. The van der Waals surface area contributed by atoms with Gasteiger partial charge in [-0.1, -0.05) is 0 Å². The van der Waals surface area contributed by atoms with Crippen LogP contribution in [0.15, 0.2) is 24.4 Å². The van der Waals surface area contributed by atoms with E-state index in [0.717, 1.165) is 5.56 Å². The number of carbonyl (C=O) groups excluding carboxylic acids is 2. The van der Waals surface area contributed by atoms with Crippen LogP contribution in [0.4, 0.5) is 11.4 Å². The molecule has 1 aromatic carbocycles. The van der Waals surface area contributed by atoms with E-state index in [1.54, 1.807) is 13.0 Å². The average Bonchev–Trinajstić information content (AvgIpc) is 3.17. The monoisotopic (exact) mass is 330 g/mol. The maximum Gasteiger partial charge on any atom is 0.342 e. The lowest BCUT2D eigenvalue weighted by Gasteiger charge is -2.17. The summed E-state index contributed by atoms with van der Waals surface area (Å²) in [7, 11) is 0. The molecule has 0 spiro atoms. The number of nitrogens with zero attached hydrogens (tertiary/aromatic N) is 3. The van der Waals surface area contributed by atoms with Crippen LogP contribution in [-0.2, 0) is 16.0 Å². The van der Waals surface area contributed by atoms with Crippen molar-refractivity contribution in [1.29, 1.82) is 0 Å². The number of nitro groups is 1. The Bertz CT molecular complexity index is 829. The third-order valence-corrected chi connectivity index (χ3v) is 3.85.